The van der Waals surface area contributed by atoms with E-state index in [9.17, 15) is 15.3 Å². The number of nitrogen functional groups attached to an aromatic ring is 1. The largest absolute Gasteiger partial charge is 0.497 e. The monoisotopic (exact) mass is 477 g/mol. The molecule has 2 aromatic heterocycles. The average molecular weight is 478 g/mol. The number of anilines is 1. The molecule has 35 heavy (non-hydrogen) atoms. The summed E-state index contributed by atoms with van der Waals surface area (Å²) in [6.45, 7) is -0.470. The smallest absolute Gasteiger partial charge is 0.177 e. The van der Waals surface area contributed by atoms with Crippen molar-refractivity contribution in [2.24, 2.45) is 0 Å². The van der Waals surface area contributed by atoms with Crippen molar-refractivity contribution < 1.29 is 24.8 Å². The summed E-state index contributed by atoms with van der Waals surface area (Å²) in [5, 5.41) is 32.1. The first-order chi connectivity index (χ1) is 17.0. The van der Waals surface area contributed by atoms with Gasteiger partial charge in [-0.25, -0.2) is 15.0 Å². The third-order valence-corrected chi connectivity index (χ3v) is 6.69. The quantitative estimate of drug-likeness (QED) is 0.310. The lowest BCUT2D eigenvalue weighted by molar-refractivity contribution is -0.152. The normalized spacial score (nSPS) is 25.1. The highest BCUT2D eigenvalue weighted by Gasteiger charge is 2.57. The van der Waals surface area contributed by atoms with E-state index >= 15 is 0 Å². The van der Waals surface area contributed by atoms with Crippen LogP contribution in [0.3, 0.4) is 0 Å². The molecule has 1 fully saturated rings. The van der Waals surface area contributed by atoms with Gasteiger partial charge in [0.2, 0.25) is 0 Å². The Morgan fingerprint density at radius 1 is 1.06 bits per heavy atom. The standard InChI is InChI=1S/C25H27N5O5/c1-34-17-9-7-16(8-10-17)18(15-5-3-2-4-6-15)11-25(22(33)21(32)19(12-31)35-25)30-14-29-20-23(26)27-13-28-24(20)30/h2-10,13-14,18-19,21-22,31-33H,11-12H2,1H3,(H2,26,27,28)/t18?,19-,21-,22-,25-/m1/s1. The summed E-state index contributed by atoms with van der Waals surface area (Å²) in [6.07, 6.45) is -0.742. The molecule has 0 aliphatic carbocycles. The molecule has 1 aliphatic heterocycles. The molecular formula is C25H27N5O5. The molecule has 5 atom stereocenters. The van der Waals surface area contributed by atoms with Crippen LogP contribution in [-0.4, -0.2) is 66.9 Å². The maximum absolute atomic E-state index is 11.4. The summed E-state index contributed by atoms with van der Waals surface area (Å²) in [4.78, 5) is 12.7. The highest BCUT2D eigenvalue weighted by atomic mass is 16.6. The van der Waals surface area contributed by atoms with Crippen molar-refractivity contribution in [1.29, 1.82) is 0 Å². The summed E-state index contributed by atoms with van der Waals surface area (Å²) >= 11 is 0. The first kappa shape index (κ1) is 23.2. The van der Waals surface area contributed by atoms with Gasteiger partial charge in [-0.3, -0.25) is 4.57 Å². The van der Waals surface area contributed by atoms with E-state index in [4.69, 9.17) is 15.2 Å². The summed E-state index contributed by atoms with van der Waals surface area (Å²) in [6, 6.07) is 17.5. The Labute approximate surface area is 201 Å². The van der Waals surface area contributed by atoms with Crippen LogP contribution in [0.4, 0.5) is 5.82 Å². The number of hydrogen-bond donors (Lipinski definition) is 4. The Bertz CT molecular complexity index is 1300. The van der Waals surface area contributed by atoms with Gasteiger partial charge >= 0.3 is 0 Å². The number of ether oxygens (including phenoxy) is 2. The lowest BCUT2D eigenvalue weighted by Gasteiger charge is -2.37. The number of imidazole rings is 1. The highest BCUT2D eigenvalue weighted by molar-refractivity contribution is 5.81. The second-order valence-corrected chi connectivity index (χ2v) is 8.61. The zero-order valence-corrected chi connectivity index (χ0v) is 19.1. The van der Waals surface area contributed by atoms with Gasteiger partial charge in [-0.1, -0.05) is 42.5 Å². The van der Waals surface area contributed by atoms with E-state index < -0.39 is 30.6 Å². The summed E-state index contributed by atoms with van der Waals surface area (Å²) in [7, 11) is 1.61. The predicted octanol–water partition coefficient (Wildman–Crippen LogP) is 1.40. The number of aliphatic hydroxyl groups excluding tert-OH is 3. The molecule has 0 radical (unpaired) electrons. The fraction of sp³-hybridized carbons (Fsp3) is 0.320. The van der Waals surface area contributed by atoms with Gasteiger partial charge in [0.1, 0.15) is 35.9 Å². The summed E-state index contributed by atoms with van der Waals surface area (Å²) in [5.41, 5.74) is 7.13. The molecule has 3 heterocycles. The van der Waals surface area contributed by atoms with E-state index in [1.807, 2.05) is 54.6 Å². The molecule has 0 spiro atoms. The Morgan fingerprint density at radius 3 is 2.43 bits per heavy atom. The summed E-state index contributed by atoms with van der Waals surface area (Å²) < 4.78 is 13.2. The minimum atomic E-state index is -1.51. The number of nitrogens with two attached hydrogens (primary N) is 1. The van der Waals surface area contributed by atoms with Crippen LogP contribution >= 0.6 is 0 Å². The Hall–Kier alpha value is -3.57. The fourth-order valence-electron chi connectivity index (χ4n) is 4.86. The maximum atomic E-state index is 11.4. The van der Waals surface area contributed by atoms with Crippen molar-refractivity contribution >= 4 is 17.0 Å². The van der Waals surface area contributed by atoms with Crippen LogP contribution < -0.4 is 10.5 Å². The van der Waals surface area contributed by atoms with Gasteiger partial charge in [-0.15, -0.1) is 0 Å². The number of aromatic nitrogens is 4. The fourth-order valence-corrected chi connectivity index (χ4v) is 4.86. The van der Waals surface area contributed by atoms with Crippen LogP contribution in [0.2, 0.25) is 0 Å². The predicted molar refractivity (Wildman–Crippen MR) is 128 cm³/mol. The van der Waals surface area contributed by atoms with Crippen molar-refractivity contribution in [2.45, 2.75) is 36.4 Å². The van der Waals surface area contributed by atoms with E-state index in [0.29, 0.717) is 11.2 Å². The van der Waals surface area contributed by atoms with Crippen LogP contribution in [0.25, 0.3) is 11.2 Å². The van der Waals surface area contributed by atoms with Crippen LogP contribution in [0.5, 0.6) is 5.75 Å². The zero-order valence-electron chi connectivity index (χ0n) is 19.1. The molecule has 4 aromatic rings. The second-order valence-electron chi connectivity index (χ2n) is 8.61. The van der Waals surface area contributed by atoms with Gasteiger partial charge < -0.3 is 30.5 Å². The van der Waals surface area contributed by atoms with Crippen molar-refractivity contribution in [3.8, 4) is 5.75 Å². The number of rotatable bonds is 7. The molecule has 10 heteroatoms. The van der Waals surface area contributed by atoms with Gasteiger partial charge in [0, 0.05) is 12.3 Å². The molecule has 1 aliphatic rings. The molecule has 10 nitrogen and oxygen atoms in total. The van der Waals surface area contributed by atoms with Crippen molar-refractivity contribution in [2.75, 3.05) is 19.5 Å². The topological polar surface area (TPSA) is 149 Å². The van der Waals surface area contributed by atoms with Crippen molar-refractivity contribution in [1.82, 2.24) is 19.5 Å². The number of hydrogen-bond acceptors (Lipinski definition) is 9. The van der Waals surface area contributed by atoms with Gasteiger partial charge in [0.25, 0.3) is 0 Å². The van der Waals surface area contributed by atoms with E-state index in [1.54, 1.807) is 11.7 Å². The molecule has 5 N–H and O–H groups in total. The summed E-state index contributed by atoms with van der Waals surface area (Å²) in [5.74, 6) is 0.638. The molecule has 182 valence electrons. The van der Waals surface area contributed by atoms with E-state index in [1.165, 1.54) is 12.7 Å². The third-order valence-electron chi connectivity index (χ3n) is 6.69. The van der Waals surface area contributed by atoms with E-state index in [2.05, 4.69) is 15.0 Å². The number of nitrogens with zero attached hydrogens (tertiary/aromatic N) is 4. The third kappa shape index (κ3) is 3.90. The SMILES string of the molecule is COc1ccc(C(C[C@@]2(n3cnc4c(N)ncnc43)O[C@H](CO)[C@@H](O)[C@H]2O)c2ccccc2)cc1. The van der Waals surface area contributed by atoms with Crippen LogP contribution in [0.15, 0.2) is 67.3 Å². The lowest BCUT2D eigenvalue weighted by atomic mass is 9.82. The van der Waals surface area contributed by atoms with Gasteiger partial charge in [-0.05, 0) is 23.3 Å². The molecule has 5 rings (SSSR count). The minimum absolute atomic E-state index is 0.186. The van der Waals surface area contributed by atoms with Crippen LogP contribution in [0.1, 0.15) is 23.5 Å². The van der Waals surface area contributed by atoms with Crippen molar-refractivity contribution in [3.05, 3.63) is 78.4 Å². The van der Waals surface area contributed by atoms with E-state index in [0.717, 1.165) is 16.9 Å². The molecular weight excluding hydrogens is 450 g/mol. The van der Waals surface area contributed by atoms with E-state index in [-0.39, 0.29) is 18.2 Å². The molecule has 0 bridgehead atoms. The van der Waals surface area contributed by atoms with Gasteiger partial charge in [0.15, 0.2) is 17.2 Å². The Morgan fingerprint density at radius 2 is 1.77 bits per heavy atom. The van der Waals surface area contributed by atoms with Crippen molar-refractivity contribution in [3.63, 3.8) is 0 Å². The molecule has 0 saturated carbocycles. The number of fused-ring (bicyclic) bond motifs is 1. The van der Waals surface area contributed by atoms with Gasteiger partial charge in [-0.2, -0.15) is 0 Å². The molecule has 1 saturated heterocycles. The second kappa shape index (κ2) is 9.23. The Balaban J connectivity index is 1.68. The maximum Gasteiger partial charge on any atom is 0.177 e. The first-order valence-corrected chi connectivity index (χ1v) is 11.3. The van der Waals surface area contributed by atoms with Crippen LogP contribution in [0, 0.1) is 0 Å². The van der Waals surface area contributed by atoms with Crippen LogP contribution in [-0.2, 0) is 10.5 Å². The van der Waals surface area contributed by atoms with Gasteiger partial charge in [0.05, 0.1) is 20.0 Å². The highest BCUT2D eigenvalue weighted by Crippen LogP contribution is 2.46. The number of methoxy groups -OCH3 is 1. The average Bonchev–Trinajstić information content (AvgIpc) is 3.44. The number of aliphatic hydroxyl groups is 3. The molecule has 2 aromatic carbocycles. The lowest BCUT2D eigenvalue weighted by Crippen LogP contribution is -2.46. The molecule has 0 amide bonds. The minimum Gasteiger partial charge on any atom is -0.497 e. The Kier molecular flexibility index (Phi) is 6.12. The first-order valence-electron chi connectivity index (χ1n) is 11.3. The zero-order chi connectivity index (χ0) is 24.6. The molecule has 1 unspecified atom stereocenters. The number of benzene rings is 2.